The zero-order chi connectivity index (χ0) is 11.1. The van der Waals surface area contributed by atoms with Crippen LogP contribution in [0.5, 0.6) is 0 Å². The Morgan fingerprint density at radius 3 is 2.93 bits per heavy atom. The van der Waals surface area contributed by atoms with E-state index in [2.05, 4.69) is 6.07 Å². The number of hydrogen-bond donors (Lipinski definition) is 0. The second kappa shape index (κ2) is 5.87. The Balaban J connectivity index is 2.06. The summed E-state index contributed by atoms with van der Waals surface area (Å²) in [5, 5.41) is 8.83. The van der Waals surface area contributed by atoms with Crippen molar-refractivity contribution >= 4 is 11.8 Å². The van der Waals surface area contributed by atoms with Crippen LogP contribution in [0.1, 0.15) is 32.4 Å². The summed E-state index contributed by atoms with van der Waals surface area (Å²) < 4.78 is 5.23. The molecule has 0 atom stereocenters. The van der Waals surface area contributed by atoms with Crippen molar-refractivity contribution in [1.82, 2.24) is 0 Å². The highest BCUT2D eigenvalue weighted by atomic mass is 32.2. The quantitative estimate of drug-likeness (QED) is 0.687. The third-order valence-corrected chi connectivity index (χ3v) is 3.28. The predicted molar refractivity (Wildman–Crippen MR) is 63.5 cm³/mol. The Kier molecular flexibility index (Phi) is 4.77. The molecule has 0 unspecified atom stereocenters. The molecule has 1 rings (SSSR count). The standard InChI is InChI=1S/C12H17NOS/c1-12(2,10-13)6-4-8-15-9-11-5-3-7-14-11/h3,5,7H,4,6,8-9H2,1-2H3. The van der Waals surface area contributed by atoms with Gasteiger partial charge in [0.15, 0.2) is 0 Å². The smallest absolute Gasteiger partial charge is 0.113 e. The molecule has 0 spiro atoms. The summed E-state index contributed by atoms with van der Waals surface area (Å²) in [6, 6.07) is 6.22. The van der Waals surface area contributed by atoms with E-state index in [4.69, 9.17) is 9.68 Å². The van der Waals surface area contributed by atoms with E-state index in [1.165, 1.54) is 0 Å². The molecule has 3 heteroatoms. The van der Waals surface area contributed by atoms with Crippen LogP contribution < -0.4 is 0 Å². The van der Waals surface area contributed by atoms with Gasteiger partial charge in [0.1, 0.15) is 5.76 Å². The minimum absolute atomic E-state index is 0.175. The van der Waals surface area contributed by atoms with Gasteiger partial charge < -0.3 is 4.42 Å². The Bertz CT molecular complexity index is 311. The zero-order valence-electron chi connectivity index (χ0n) is 9.32. The molecule has 1 heterocycles. The lowest BCUT2D eigenvalue weighted by molar-refractivity contribution is 0.447. The molecule has 0 aliphatic rings. The molecule has 0 radical (unpaired) electrons. The first-order valence-electron chi connectivity index (χ1n) is 5.15. The number of thioether (sulfide) groups is 1. The Hall–Kier alpha value is -0.880. The van der Waals surface area contributed by atoms with Crippen molar-refractivity contribution in [2.75, 3.05) is 5.75 Å². The highest BCUT2D eigenvalue weighted by Gasteiger charge is 2.15. The van der Waals surface area contributed by atoms with Crippen LogP contribution in [0, 0.1) is 16.7 Å². The second-order valence-corrected chi connectivity index (χ2v) is 5.34. The van der Waals surface area contributed by atoms with E-state index in [0.717, 1.165) is 30.1 Å². The van der Waals surface area contributed by atoms with Crippen LogP contribution in [-0.2, 0) is 5.75 Å². The maximum absolute atomic E-state index is 8.83. The van der Waals surface area contributed by atoms with E-state index in [1.54, 1.807) is 6.26 Å². The fourth-order valence-corrected chi connectivity index (χ4v) is 2.10. The summed E-state index contributed by atoms with van der Waals surface area (Å²) in [6.45, 7) is 3.98. The average Bonchev–Trinajstić information content (AvgIpc) is 2.70. The monoisotopic (exact) mass is 223 g/mol. The maximum Gasteiger partial charge on any atom is 0.113 e. The molecule has 15 heavy (non-hydrogen) atoms. The van der Waals surface area contributed by atoms with Gasteiger partial charge in [0.2, 0.25) is 0 Å². The Labute approximate surface area is 95.7 Å². The van der Waals surface area contributed by atoms with Crippen LogP contribution in [0.4, 0.5) is 0 Å². The molecule has 2 nitrogen and oxygen atoms in total. The number of nitriles is 1. The fourth-order valence-electron chi connectivity index (χ4n) is 1.24. The summed E-state index contributed by atoms with van der Waals surface area (Å²) in [4.78, 5) is 0. The van der Waals surface area contributed by atoms with Gasteiger partial charge in [-0.1, -0.05) is 0 Å². The molecule has 0 fully saturated rings. The summed E-state index contributed by atoms with van der Waals surface area (Å²) in [5.41, 5.74) is -0.175. The van der Waals surface area contributed by atoms with Crippen LogP contribution in [-0.4, -0.2) is 5.75 Å². The largest absolute Gasteiger partial charge is 0.468 e. The fraction of sp³-hybridized carbons (Fsp3) is 0.583. The molecular weight excluding hydrogens is 206 g/mol. The predicted octanol–water partition coefficient (Wildman–Crippen LogP) is 3.84. The Morgan fingerprint density at radius 1 is 1.53 bits per heavy atom. The molecule has 0 N–H and O–H groups in total. The van der Waals surface area contributed by atoms with Crippen molar-refractivity contribution in [2.45, 2.75) is 32.4 Å². The SMILES string of the molecule is CC(C)(C#N)CCCSCc1ccco1. The molecular formula is C12H17NOS. The van der Waals surface area contributed by atoms with Gasteiger partial charge in [-0.05, 0) is 44.6 Å². The van der Waals surface area contributed by atoms with Crippen LogP contribution in [0.15, 0.2) is 22.8 Å². The third kappa shape index (κ3) is 4.94. The molecule has 1 aromatic rings. The third-order valence-electron chi connectivity index (χ3n) is 2.22. The number of furan rings is 1. The molecule has 1 aromatic heterocycles. The minimum Gasteiger partial charge on any atom is -0.468 e. The summed E-state index contributed by atoms with van der Waals surface area (Å²) in [6.07, 6.45) is 3.76. The van der Waals surface area contributed by atoms with Gasteiger partial charge in [-0.15, -0.1) is 0 Å². The molecule has 0 aliphatic heterocycles. The number of hydrogen-bond acceptors (Lipinski definition) is 3. The first-order chi connectivity index (χ1) is 7.14. The molecule has 0 saturated carbocycles. The van der Waals surface area contributed by atoms with Crippen molar-refractivity contribution < 1.29 is 4.42 Å². The number of rotatable bonds is 6. The van der Waals surface area contributed by atoms with Crippen LogP contribution in [0.2, 0.25) is 0 Å². The van der Waals surface area contributed by atoms with Gasteiger partial charge in [0.05, 0.1) is 23.5 Å². The summed E-state index contributed by atoms with van der Waals surface area (Å²) in [7, 11) is 0. The molecule has 0 saturated heterocycles. The lowest BCUT2D eigenvalue weighted by Gasteiger charge is -2.13. The average molecular weight is 223 g/mol. The molecule has 0 amide bonds. The van der Waals surface area contributed by atoms with Crippen LogP contribution in [0.3, 0.4) is 0 Å². The lowest BCUT2D eigenvalue weighted by atomic mass is 9.90. The summed E-state index contributed by atoms with van der Waals surface area (Å²) in [5.74, 6) is 3.05. The highest BCUT2D eigenvalue weighted by molar-refractivity contribution is 7.98. The van der Waals surface area contributed by atoms with Crippen LogP contribution >= 0.6 is 11.8 Å². The van der Waals surface area contributed by atoms with E-state index < -0.39 is 0 Å². The topological polar surface area (TPSA) is 36.9 Å². The Morgan fingerprint density at radius 2 is 2.33 bits per heavy atom. The van der Waals surface area contributed by atoms with Gasteiger partial charge in [0, 0.05) is 0 Å². The van der Waals surface area contributed by atoms with Gasteiger partial charge in [-0.25, -0.2) is 0 Å². The van der Waals surface area contributed by atoms with Crippen molar-refractivity contribution in [3.63, 3.8) is 0 Å². The minimum atomic E-state index is -0.175. The molecule has 0 bridgehead atoms. The van der Waals surface area contributed by atoms with Crippen molar-refractivity contribution in [2.24, 2.45) is 5.41 Å². The van der Waals surface area contributed by atoms with Crippen molar-refractivity contribution in [3.8, 4) is 6.07 Å². The lowest BCUT2D eigenvalue weighted by Crippen LogP contribution is -2.07. The van der Waals surface area contributed by atoms with Gasteiger partial charge in [-0.3, -0.25) is 0 Å². The van der Waals surface area contributed by atoms with E-state index in [1.807, 2.05) is 37.7 Å². The van der Waals surface area contributed by atoms with Gasteiger partial charge in [0.25, 0.3) is 0 Å². The highest BCUT2D eigenvalue weighted by Crippen LogP contribution is 2.23. The first kappa shape index (κ1) is 12.2. The maximum atomic E-state index is 8.83. The zero-order valence-corrected chi connectivity index (χ0v) is 10.1. The van der Waals surface area contributed by atoms with Crippen LogP contribution in [0.25, 0.3) is 0 Å². The van der Waals surface area contributed by atoms with Gasteiger partial charge in [-0.2, -0.15) is 17.0 Å². The van der Waals surface area contributed by atoms with Gasteiger partial charge >= 0.3 is 0 Å². The van der Waals surface area contributed by atoms with Crippen molar-refractivity contribution in [1.29, 1.82) is 5.26 Å². The second-order valence-electron chi connectivity index (χ2n) is 4.23. The summed E-state index contributed by atoms with van der Waals surface area (Å²) >= 11 is 1.86. The van der Waals surface area contributed by atoms with E-state index in [9.17, 15) is 0 Å². The van der Waals surface area contributed by atoms with E-state index in [0.29, 0.717) is 0 Å². The van der Waals surface area contributed by atoms with E-state index in [-0.39, 0.29) is 5.41 Å². The molecule has 0 aromatic carbocycles. The number of nitrogens with zero attached hydrogens (tertiary/aromatic N) is 1. The molecule has 82 valence electrons. The van der Waals surface area contributed by atoms with Crippen molar-refractivity contribution in [3.05, 3.63) is 24.2 Å². The first-order valence-corrected chi connectivity index (χ1v) is 6.31. The molecule has 0 aliphatic carbocycles. The normalized spacial score (nSPS) is 11.3. The van der Waals surface area contributed by atoms with E-state index >= 15 is 0 Å².